The fraction of sp³-hybridized carbons (Fsp3) is 0.438. The molecule has 2 amide bonds. The van der Waals surface area contributed by atoms with Crippen molar-refractivity contribution in [1.29, 1.82) is 0 Å². The van der Waals surface area contributed by atoms with E-state index in [4.69, 9.17) is 5.11 Å². The molecule has 0 radical (unpaired) electrons. The van der Waals surface area contributed by atoms with Crippen LogP contribution >= 0.6 is 0 Å². The van der Waals surface area contributed by atoms with Crippen molar-refractivity contribution in [3.05, 3.63) is 35.6 Å². The number of nitrogens with zero attached hydrogens (tertiary/aromatic N) is 1. The number of aliphatic carboxylic acids is 1. The number of likely N-dealkylation sites (tertiary alicyclic amines) is 1. The second kappa shape index (κ2) is 7.21. The number of benzene rings is 1. The van der Waals surface area contributed by atoms with Gasteiger partial charge in [0.2, 0.25) is 5.91 Å². The predicted molar refractivity (Wildman–Crippen MR) is 80.2 cm³/mol. The van der Waals surface area contributed by atoms with Crippen LogP contribution in [0.15, 0.2) is 24.3 Å². The number of carboxylic acids is 1. The summed E-state index contributed by atoms with van der Waals surface area (Å²) < 4.78 is 13.1. The molecule has 0 spiro atoms. The number of rotatable bonds is 4. The van der Waals surface area contributed by atoms with Crippen LogP contribution in [0.2, 0.25) is 0 Å². The van der Waals surface area contributed by atoms with E-state index in [1.54, 1.807) is 0 Å². The molecule has 2 rings (SSSR count). The molecule has 0 saturated carbocycles. The quantitative estimate of drug-likeness (QED) is 0.870. The minimum Gasteiger partial charge on any atom is -0.481 e. The van der Waals surface area contributed by atoms with Gasteiger partial charge in [-0.05, 0) is 30.5 Å². The van der Waals surface area contributed by atoms with Crippen molar-refractivity contribution in [2.75, 3.05) is 19.6 Å². The summed E-state index contributed by atoms with van der Waals surface area (Å²) in [4.78, 5) is 36.6. The summed E-state index contributed by atoms with van der Waals surface area (Å²) in [6, 6.07) is 5.18. The van der Waals surface area contributed by atoms with Gasteiger partial charge < -0.3 is 15.3 Å². The molecule has 2 atom stereocenters. The molecule has 23 heavy (non-hydrogen) atoms. The fourth-order valence-corrected chi connectivity index (χ4v) is 2.73. The van der Waals surface area contributed by atoms with E-state index >= 15 is 0 Å². The summed E-state index contributed by atoms with van der Waals surface area (Å²) in [5, 5.41) is 11.5. The first-order valence-corrected chi connectivity index (χ1v) is 7.41. The van der Waals surface area contributed by atoms with E-state index in [1.807, 2.05) is 6.92 Å². The Kier molecular flexibility index (Phi) is 5.31. The third-order valence-corrected chi connectivity index (χ3v) is 3.85. The van der Waals surface area contributed by atoms with Crippen molar-refractivity contribution in [3.8, 4) is 0 Å². The number of hydrogen-bond donors (Lipinski definition) is 2. The Hall–Kier alpha value is -2.44. The van der Waals surface area contributed by atoms with Crippen molar-refractivity contribution in [2.45, 2.75) is 13.3 Å². The van der Waals surface area contributed by atoms with Crippen molar-refractivity contribution < 1.29 is 23.9 Å². The number of halogens is 1. The van der Waals surface area contributed by atoms with Gasteiger partial charge >= 0.3 is 5.97 Å². The molecule has 1 fully saturated rings. The van der Waals surface area contributed by atoms with Gasteiger partial charge in [-0.25, -0.2) is 4.39 Å². The van der Waals surface area contributed by atoms with Gasteiger partial charge in [0.15, 0.2) is 0 Å². The van der Waals surface area contributed by atoms with Gasteiger partial charge in [-0.15, -0.1) is 0 Å². The first kappa shape index (κ1) is 16.9. The standard InChI is InChI=1S/C16H19FN2O4/c1-10-5-12(16(22)23)9-19(8-10)14(20)7-18-15(21)11-3-2-4-13(17)6-11/h2-4,6,10,12H,5,7-9H2,1H3,(H,18,21)(H,22,23). The molecule has 2 N–H and O–H groups in total. The largest absolute Gasteiger partial charge is 0.481 e. The average Bonchev–Trinajstić information content (AvgIpc) is 2.51. The number of amides is 2. The number of carbonyl (C=O) groups is 3. The van der Waals surface area contributed by atoms with Crippen LogP contribution in [0.4, 0.5) is 4.39 Å². The van der Waals surface area contributed by atoms with Gasteiger partial charge in [-0.2, -0.15) is 0 Å². The van der Waals surface area contributed by atoms with Gasteiger partial charge in [-0.3, -0.25) is 14.4 Å². The van der Waals surface area contributed by atoms with Gasteiger partial charge in [0.25, 0.3) is 5.91 Å². The first-order valence-electron chi connectivity index (χ1n) is 7.41. The van der Waals surface area contributed by atoms with E-state index in [0.717, 1.165) is 6.07 Å². The van der Waals surface area contributed by atoms with E-state index in [-0.39, 0.29) is 30.5 Å². The minimum absolute atomic E-state index is 0.0905. The lowest BCUT2D eigenvalue weighted by atomic mass is 9.90. The molecule has 1 aromatic carbocycles. The average molecular weight is 322 g/mol. The zero-order chi connectivity index (χ0) is 17.0. The lowest BCUT2D eigenvalue weighted by molar-refractivity contribution is -0.146. The normalized spacial score (nSPS) is 20.9. The van der Waals surface area contributed by atoms with E-state index in [0.29, 0.717) is 13.0 Å². The number of hydrogen-bond acceptors (Lipinski definition) is 3. The van der Waals surface area contributed by atoms with Crippen LogP contribution < -0.4 is 5.32 Å². The van der Waals surface area contributed by atoms with Crippen LogP contribution in [0.3, 0.4) is 0 Å². The number of carboxylic acid groups (broad SMARTS) is 1. The van der Waals surface area contributed by atoms with Crippen molar-refractivity contribution in [1.82, 2.24) is 10.2 Å². The molecule has 0 aliphatic carbocycles. The van der Waals surface area contributed by atoms with Gasteiger partial charge in [-0.1, -0.05) is 13.0 Å². The SMILES string of the molecule is CC1CC(C(=O)O)CN(C(=O)CNC(=O)c2cccc(F)c2)C1. The maximum atomic E-state index is 13.1. The van der Waals surface area contributed by atoms with Gasteiger partial charge in [0.1, 0.15) is 5.82 Å². The molecule has 2 unspecified atom stereocenters. The lowest BCUT2D eigenvalue weighted by Crippen LogP contribution is -2.48. The summed E-state index contributed by atoms with van der Waals surface area (Å²) in [6.45, 7) is 2.27. The molecule has 7 heteroatoms. The van der Waals surface area contributed by atoms with Crippen molar-refractivity contribution in [2.24, 2.45) is 11.8 Å². The number of nitrogens with one attached hydrogen (secondary N) is 1. The number of carbonyl (C=O) groups excluding carboxylic acids is 2. The van der Waals surface area contributed by atoms with E-state index in [2.05, 4.69) is 5.32 Å². The molecule has 1 saturated heterocycles. The van der Waals surface area contributed by atoms with Crippen LogP contribution in [0.25, 0.3) is 0 Å². The smallest absolute Gasteiger partial charge is 0.308 e. The molecule has 0 aromatic heterocycles. The summed E-state index contributed by atoms with van der Waals surface area (Å²) in [6.07, 6.45) is 0.536. The Balaban J connectivity index is 1.91. The first-order chi connectivity index (χ1) is 10.9. The van der Waals surface area contributed by atoms with Crippen LogP contribution in [-0.2, 0) is 9.59 Å². The Bertz CT molecular complexity index is 620. The summed E-state index contributed by atoms with van der Waals surface area (Å²) >= 11 is 0. The molecule has 1 heterocycles. The van der Waals surface area contributed by atoms with Crippen LogP contribution in [-0.4, -0.2) is 47.4 Å². The van der Waals surface area contributed by atoms with E-state index in [9.17, 15) is 18.8 Å². The second-order valence-electron chi connectivity index (χ2n) is 5.87. The summed E-state index contributed by atoms with van der Waals surface area (Å²) in [5.41, 5.74) is 0.133. The zero-order valence-corrected chi connectivity index (χ0v) is 12.8. The highest BCUT2D eigenvalue weighted by molar-refractivity contribution is 5.96. The molecule has 124 valence electrons. The van der Waals surface area contributed by atoms with Gasteiger partial charge in [0.05, 0.1) is 12.5 Å². The highest BCUT2D eigenvalue weighted by Gasteiger charge is 2.31. The van der Waals surface area contributed by atoms with Crippen LogP contribution in [0.1, 0.15) is 23.7 Å². The van der Waals surface area contributed by atoms with E-state index < -0.39 is 23.6 Å². The topological polar surface area (TPSA) is 86.7 Å². The molecular weight excluding hydrogens is 303 g/mol. The summed E-state index contributed by atoms with van der Waals surface area (Å²) in [7, 11) is 0. The van der Waals surface area contributed by atoms with E-state index in [1.165, 1.54) is 23.1 Å². The Morgan fingerprint density at radius 1 is 1.35 bits per heavy atom. The monoisotopic (exact) mass is 322 g/mol. The highest BCUT2D eigenvalue weighted by atomic mass is 19.1. The van der Waals surface area contributed by atoms with Crippen molar-refractivity contribution >= 4 is 17.8 Å². The van der Waals surface area contributed by atoms with Gasteiger partial charge in [0, 0.05) is 18.7 Å². The molecule has 1 aromatic rings. The molecule has 1 aliphatic heterocycles. The summed E-state index contributed by atoms with van der Waals surface area (Å²) in [5.74, 6) is -2.82. The van der Waals surface area contributed by atoms with Crippen LogP contribution in [0, 0.1) is 17.7 Å². The predicted octanol–water partition coefficient (Wildman–Crippen LogP) is 1.12. The van der Waals surface area contributed by atoms with Crippen LogP contribution in [0.5, 0.6) is 0 Å². The number of piperidine rings is 1. The lowest BCUT2D eigenvalue weighted by Gasteiger charge is -2.34. The molecule has 6 nitrogen and oxygen atoms in total. The minimum atomic E-state index is -0.918. The fourth-order valence-electron chi connectivity index (χ4n) is 2.73. The van der Waals surface area contributed by atoms with Crippen molar-refractivity contribution in [3.63, 3.8) is 0 Å². The molecule has 1 aliphatic rings. The zero-order valence-electron chi connectivity index (χ0n) is 12.8. The Labute approximate surface area is 133 Å². The third kappa shape index (κ3) is 4.51. The Morgan fingerprint density at radius 3 is 2.74 bits per heavy atom. The maximum Gasteiger partial charge on any atom is 0.308 e. The Morgan fingerprint density at radius 2 is 2.09 bits per heavy atom. The molecular formula is C16H19FN2O4. The molecule has 0 bridgehead atoms. The second-order valence-corrected chi connectivity index (χ2v) is 5.87. The maximum absolute atomic E-state index is 13.1. The third-order valence-electron chi connectivity index (χ3n) is 3.85. The highest BCUT2D eigenvalue weighted by Crippen LogP contribution is 2.21.